The van der Waals surface area contributed by atoms with Gasteiger partial charge in [-0.2, -0.15) is 5.10 Å². The van der Waals surface area contributed by atoms with Crippen LogP contribution in [0.1, 0.15) is 59.8 Å². The lowest BCUT2D eigenvalue weighted by atomic mass is 10.2. The molecule has 1 saturated carbocycles. The maximum Gasteiger partial charge on any atom is 0.268 e. The van der Waals surface area contributed by atoms with E-state index in [-0.39, 0.29) is 18.1 Å². The predicted octanol–water partition coefficient (Wildman–Crippen LogP) is 2.32. The van der Waals surface area contributed by atoms with Crippen molar-refractivity contribution in [3.05, 3.63) is 34.6 Å². The van der Waals surface area contributed by atoms with Crippen molar-refractivity contribution in [1.29, 1.82) is 0 Å². The molecular formula is C16H20ClN5O2. The smallest absolute Gasteiger partial charge is 0.268 e. The van der Waals surface area contributed by atoms with E-state index < -0.39 is 0 Å². The molecule has 1 saturated heterocycles. The van der Waals surface area contributed by atoms with Crippen molar-refractivity contribution in [2.24, 2.45) is 7.05 Å². The molecule has 2 aliphatic rings. The number of hydrogen-bond donors (Lipinski definition) is 2. The van der Waals surface area contributed by atoms with Gasteiger partial charge in [0.1, 0.15) is 11.8 Å². The Morgan fingerprint density at radius 1 is 1.46 bits per heavy atom. The molecule has 0 radical (unpaired) electrons. The molecule has 1 aliphatic heterocycles. The highest BCUT2D eigenvalue weighted by Gasteiger charge is 2.32. The lowest BCUT2D eigenvalue weighted by molar-refractivity contribution is 0.0391. The highest BCUT2D eigenvalue weighted by atomic mass is 35.5. The van der Waals surface area contributed by atoms with Gasteiger partial charge < -0.3 is 14.6 Å². The van der Waals surface area contributed by atoms with E-state index in [9.17, 15) is 4.79 Å². The Labute approximate surface area is 144 Å². The molecule has 2 fully saturated rings. The van der Waals surface area contributed by atoms with E-state index in [1.54, 1.807) is 23.9 Å². The predicted molar refractivity (Wildman–Crippen MR) is 88.0 cm³/mol. The fourth-order valence-electron chi connectivity index (χ4n) is 3.06. The number of ether oxygens (including phenoxy) is 1. The first-order chi connectivity index (χ1) is 11.6. The number of nitrogens with one attached hydrogen (secondary N) is 2. The van der Waals surface area contributed by atoms with Gasteiger partial charge in [0.2, 0.25) is 0 Å². The van der Waals surface area contributed by atoms with Gasteiger partial charge in [0.25, 0.3) is 5.91 Å². The molecule has 2 atom stereocenters. The second-order valence-electron chi connectivity index (χ2n) is 6.54. The summed E-state index contributed by atoms with van der Waals surface area (Å²) in [4.78, 5) is 16.7. The number of rotatable bonds is 5. The Morgan fingerprint density at radius 2 is 2.29 bits per heavy atom. The van der Waals surface area contributed by atoms with Gasteiger partial charge in [-0.05, 0) is 31.7 Å². The lowest BCUT2D eigenvalue weighted by Gasteiger charge is -2.13. The second kappa shape index (κ2) is 6.22. The van der Waals surface area contributed by atoms with Crippen molar-refractivity contribution in [3.63, 3.8) is 0 Å². The molecule has 2 aromatic rings. The number of aromatic amines is 1. The van der Waals surface area contributed by atoms with Crippen LogP contribution in [-0.4, -0.2) is 38.3 Å². The van der Waals surface area contributed by atoms with Gasteiger partial charge in [0.15, 0.2) is 11.6 Å². The second-order valence-corrected chi connectivity index (χ2v) is 6.98. The quantitative estimate of drug-likeness (QED) is 0.867. The number of H-pyrrole nitrogens is 1. The number of carbonyl (C=O) groups excluding carboxylic acids is 1. The van der Waals surface area contributed by atoms with Gasteiger partial charge in [-0.1, -0.05) is 11.6 Å². The van der Waals surface area contributed by atoms with Crippen LogP contribution in [0, 0.1) is 0 Å². The van der Waals surface area contributed by atoms with Crippen molar-refractivity contribution in [2.45, 2.75) is 43.8 Å². The molecule has 4 rings (SSSR count). The van der Waals surface area contributed by atoms with Crippen LogP contribution in [0.3, 0.4) is 0 Å². The molecule has 1 amide bonds. The van der Waals surface area contributed by atoms with Crippen LogP contribution < -0.4 is 5.32 Å². The average molecular weight is 350 g/mol. The number of nitrogens with zero attached hydrogens (tertiary/aromatic N) is 3. The van der Waals surface area contributed by atoms with Gasteiger partial charge in [0, 0.05) is 25.7 Å². The van der Waals surface area contributed by atoms with Crippen molar-refractivity contribution < 1.29 is 9.53 Å². The Morgan fingerprint density at radius 3 is 3.00 bits per heavy atom. The van der Waals surface area contributed by atoms with E-state index >= 15 is 0 Å². The largest absolute Gasteiger partial charge is 0.365 e. The lowest BCUT2D eigenvalue weighted by Crippen LogP contribution is -2.32. The third kappa shape index (κ3) is 3.18. The maximum absolute atomic E-state index is 12.2. The van der Waals surface area contributed by atoms with Crippen LogP contribution in [0.15, 0.2) is 12.3 Å². The standard InChI is InChI=1S/C16H20ClN5O2/c1-22-8-10(17)6-12(22)16(23)18-7-11-4-5-13(24-11)15-19-14(20-21-15)9-2-3-9/h6,8-9,11,13H,2-5,7H2,1H3,(H,18,23)(H,19,20,21)/t11-,13+/m1/s1. The molecule has 2 aromatic heterocycles. The van der Waals surface area contributed by atoms with E-state index in [1.165, 1.54) is 12.8 Å². The Balaban J connectivity index is 1.30. The molecule has 128 valence electrons. The highest BCUT2D eigenvalue weighted by molar-refractivity contribution is 6.31. The van der Waals surface area contributed by atoms with Crippen LogP contribution in [0.2, 0.25) is 5.02 Å². The van der Waals surface area contributed by atoms with Crippen LogP contribution >= 0.6 is 11.6 Å². The zero-order valence-electron chi connectivity index (χ0n) is 13.5. The summed E-state index contributed by atoms with van der Waals surface area (Å²) in [5.41, 5.74) is 0.541. The first kappa shape index (κ1) is 15.7. The van der Waals surface area contributed by atoms with E-state index in [2.05, 4.69) is 20.5 Å². The van der Waals surface area contributed by atoms with Crippen molar-refractivity contribution in [2.75, 3.05) is 6.54 Å². The normalized spacial score (nSPS) is 23.6. The van der Waals surface area contributed by atoms with Gasteiger partial charge in [0.05, 0.1) is 11.1 Å². The molecule has 0 spiro atoms. The summed E-state index contributed by atoms with van der Waals surface area (Å²) < 4.78 is 7.71. The molecule has 7 nitrogen and oxygen atoms in total. The van der Waals surface area contributed by atoms with Crippen LogP contribution in [0.25, 0.3) is 0 Å². The molecular weight excluding hydrogens is 330 g/mol. The first-order valence-electron chi connectivity index (χ1n) is 8.28. The topological polar surface area (TPSA) is 84.8 Å². The summed E-state index contributed by atoms with van der Waals surface area (Å²) in [5, 5.41) is 10.7. The van der Waals surface area contributed by atoms with Crippen molar-refractivity contribution >= 4 is 17.5 Å². The summed E-state index contributed by atoms with van der Waals surface area (Å²) in [6.45, 7) is 0.474. The molecule has 0 unspecified atom stereocenters. The Hall–Kier alpha value is -1.86. The van der Waals surface area contributed by atoms with Crippen LogP contribution in [0.5, 0.6) is 0 Å². The number of aryl methyl sites for hydroxylation is 1. The molecule has 3 heterocycles. The van der Waals surface area contributed by atoms with E-state index in [0.29, 0.717) is 23.2 Å². The molecule has 0 aromatic carbocycles. The number of aromatic nitrogens is 4. The van der Waals surface area contributed by atoms with Gasteiger partial charge in [-0.25, -0.2) is 4.98 Å². The monoisotopic (exact) mass is 349 g/mol. The third-order valence-corrected chi connectivity index (χ3v) is 4.78. The fraction of sp³-hybridized carbons (Fsp3) is 0.562. The van der Waals surface area contributed by atoms with Gasteiger partial charge in [-0.15, -0.1) is 0 Å². The summed E-state index contributed by atoms with van der Waals surface area (Å²) in [7, 11) is 1.80. The SMILES string of the molecule is Cn1cc(Cl)cc1C(=O)NC[C@H]1CC[C@@H](c2nc(C3CC3)n[nH]2)O1. The molecule has 24 heavy (non-hydrogen) atoms. The third-order valence-electron chi connectivity index (χ3n) is 4.57. The van der Waals surface area contributed by atoms with Gasteiger partial charge in [-0.3, -0.25) is 9.89 Å². The molecule has 8 heteroatoms. The summed E-state index contributed by atoms with van der Waals surface area (Å²) in [5.74, 6) is 2.10. The first-order valence-corrected chi connectivity index (χ1v) is 8.65. The van der Waals surface area contributed by atoms with E-state index in [1.807, 2.05) is 0 Å². The zero-order chi connectivity index (χ0) is 16.7. The zero-order valence-corrected chi connectivity index (χ0v) is 14.2. The minimum atomic E-state index is -0.146. The minimum Gasteiger partial charge on any atom is -0.365 e. The number of halogens is 1. The Kier molecular flexibility index (Phi) is 4.05. The average Bonchev–Trinajstić information content (AvgIpc) is 2.98. The highest BCUT2D eigenvalue weighted by Crippen LogP contribution is 2.39. The van der Waals surface area contributed by atoms with Crippen molar-refractivity contribution in [1.82, 2.24) is 25.1 Å². The van der Waals surface area contributed by atoms with Crippen LogP contribution in [-0.2, 0) is 11.8 Å². The Bertz CT molecular complexity index is 751. The van der Waals surface area contributed by atoms with Crippen molar-refractivity contribution in [3.8, 4) is 0 Å². The molecule has 2 N–H and O–H groups in total. The number of hydrogen-bond acceptors (Lipinski definition) is 4. The van der Waals surface area contributed by atoms with E-state index in [0.717, 1.165) is 24.5 Å². The maximum atomic E-state index is 12.2. The fourth-order valence-corrected chi connectivity index (χ4v) is 3.31. The number of amides is 1. The molecule has 1 aliphatic carbocycles. The number of carbonyl (C=O) groups is 1. The molecule has 0 bridgehead atoms. The van der Waals surface area contributed by atoms with E-state index in [4.69, 9.17) is 16.3 Å². The summed E-state index contributed by atoms with van der Waals surface area (Å²) in [6.07, 6.45) is 5.77. The van der Waals surface area contributed by atoms with Crippen LogP contribution in [0.4, 0.5) is 0 Å². The minimum absolute atomic E-state index is 0.0100. The summed E-state index contributed by atoms with van der Waals surface area (Å²) >= 11 is 5.91. The van der Waals surface area contributed by atoms with Gasteiger partial charge >= 0.3 is 0 Å². The summed E-state index contributed by atoms with van der Waals surface area (Å²) in [6, 6.07) is 1.66.